The smallest absolute Gasteiger partial charge is 0.335 e. The second-order valence-corrected chi connectivity index (χ2v) is 7.71. The average molecular weight is 415 g/mol. The number of urea groups is 1. The maximum Gasteiger partial charge on any atom is 0.335 e. The molecule has 27 heavy (non-hydrogen) atoms. The number of aromatic nitrogens is 2. The molecular formula is C14H17N5O6S2. The molecule has 0 aliphatic carbocycles. The Labute approximate surface area is 159 Å². The Hall–Kier alpha value is -2.93. The van der Waals surface area contributed by atoms with Gasteiger partial charge in [0.1, 0.15) is 4.21 Å². The Morgan fingerprint density at radius 1 is 1.19 bits per heavy atom. The lowest BCUT2D eigenvalue weighted by atomic mass is 10.2. The van der Waals surface area contributed by atoms with Crippen LogP contribution in [0.25, 0.3) is 0 Å². The molecule has 0 atom stereocenters. The van der Waals surface area contributed by atoms with E-state index in [2.05, 4.69) is 20.6 Å². The van der Waals surface area contributed by atoms with Crippen molar-refractivity contribution in [2.75, 3.05) is 26.6 Å². The Morgan fingerprint density at radius 3 is 2.37 bits per heavy atom. The average Bonchev–Trinajstić information content (AvgIpc) is 3.09. The molecule has 0 saturated heterocycles. The lowest BCUT2D eigenvalue weighted by molar-refractivity contribution is -0.119. The van der Waals surface area contributed by atoms with Crippen molar-refractivity contribution in [2.45, 2.75) is 10.6 Å². The highest BCUT2D eigenvalue weighted by atomic mass is 32.2. The fourth-order valence-corrected chi connectivity index (χ4v) is 4.23. The SMILES string of the molecule is CNC(=O)Cc1ccsc1S(=O)(=O)NC(=O)Nc1nc(OC)cc(OC)n1. The molecule has 0 fully saturated rings. The molecular weight excluding hydrogens is 398 g/mol. The summed E-state index contributed by atoms with van der Waals surface area (Å²) in [5, 5.41) is 6.12. The summed E-state index contributed by atoms with van der Waals surface area (Å²) in [7, 11) is -0.0284. The van der Waals surface area contributed by atoms with Crippen LogP contribution in [-0.4, -0.2) is 51.6 Å². The molecule has 3 N–H and O–H groups in total. The predicted molar refractivity (Wildman–Crippen MR) is 96.6 cm³/mol. The molecule has 0 aromatic carbocycles. The summed E-state index contributed by atoms with van der Waals surface area (Å²) in [6, 6.07) is 1.81. The van der Waals surface area contributed by atoms with Crippen LogP contribution in [0.4, 0.5) is 10.7 Å². The van der Waals surface area contributed by atoms with E-state index in [9.17, 15) is 18.0 Å². The predicted octanol–water partition coefficient (Wildman–Crippen LogP) is 0.354. The van der Waals surface area contributed by atoms with Crippen LogP contribution in [0, 0.1) is 0 Å². The number of anilines is 1. The van der Waals surface area contributed by atoms with E-state index in [0.717, 1.165) is 11.3 Å². The summed E-state index contributed by atoms with van der Waals surface area (Å²) in [6.45, 7) is 0. The van der Waals surface area contributed by atoms with Crippen molar-refractivity contribution in [2.24, 2.45) is 0 Å². The number of thiophene rings is 1. The number of likely N-dealkylation sites (N-methyl/N-ethyl adjacent to an activating group) is 1. The molecule has 0 spiro atoms. The molecule has 2 heterocycles. The number of sulfonamides is 1. The number of carbonyl (C=O) groups is 2. The zero-order valence-electron chi connectivity index (χ0n) is 14.6. The highest BCUT2D eigenvalue weighted by Crippen LogP contribution is 2.23. The number of nitrogens with one attached hydrogen (secondary N) is 3. The zero-order valence-corrected chi connectivity index (χ0v) is 16.2. The number of carbonyl (C=O) groups excluding carboxylic acids is 2. The van der Waals surface area contributed by atoms with Crippen LogP contribution >= 0.6 is 11.3 Å². The summed E-state index contributed by atoms with van der Waals surface area (Å²) in [4.78, 5) is 31.3. The van der Waals surface area contributed by atoms with Gasteiger partial charge in [0.05, 0.1) is 26.7 Å². The number of nitrogens with zero attached hydrogens (tertiary/aromatic N) is 2. The normalized spacial score (nSPS) is 10.8. The van der Waals surface area contributed by atoms with Crippen LogP contribution in [-0.2, 0) is 21.2 Å². The quantitative estimate of drug-likeness (QED) is 0.587. The number of rotatable bonds is 7. The molecule has 0 unspecified atom stereocenters. The van der Waals surface area contributed by atoms with Gasteiger partial charge in [-0.15, -0.1) is 11.3 Å². The minimum Gasteiger partial charge on any atom is -0.481 e. The van der Waals surface area contributed by atoms with Gasteiger partial charge in [0.2, 0.25) is 23.6 Å². The Kier molecular flexibility index (Phi) is 6.52. The van der Waals surface area contributed by atoms with Crippen molar-refractivity contribution in [1.82, 2.24) is 20.0 Å². The largest absolute Gasteiger partial charge is 0.481 e. The van der Waals surface area contributed by atoms with Crippen molar-refractivity contribution in [3.63, 3.8) is 0 Å². The molecule has 3 amide bonds. The van der Waals surface area contributed by atoms with Crippen LogP contribution in [0.3, 0.4) is 0 Å². The lowest BCUT2D eigenvalue weighted by Gasteiger charge is -2.09. The highest BCUT2D eigenvalue weighted by Gasteiger charge is 2.24. The van der Waals surface area contributed by atoms with Gasteiger partial charge < -0.3 is 14.8 Å². The summed E-state index contributed by atoms with van der Waals surface area (Å²) < 4.78 is 36.5. The van der Waals surface area contributed by atoms with Crippen molar-refractivity contribution in [3.05, 3.63) is 23.1 Å². The molecule has 0 radical (unpaired) electrons. The van der Waals surface area contributed by atoms with Crippen molar-refractivity contribution in [3.8, 4) is 11.8 Å². The van der Waals surface area contributed by atoms with Crippen LogP contribution in [0.15, 0.2) is 21.7 Å². The van der Waals surface area contributed by atoms with E-state index in [4.69, 9.17) is 9.47 Å². The standard InChI is InChI=1S/C14H17N5O6S2/c1-15-9(20)6-8-4-5-26-12(8)27(22,23)19-14(21)18-13-16-10(24-2)7-11(17-13)25-3/h4-5,7H,6H2,1-3H3,(H,15,20)(H2,16,17,18,19,21). The van der Waals surface area contributed by atoms with Gasteiger partial charge in [-0.3, -0.25) is 10.1 Å². The van der Waals surface area contributed by atoms with Crippen molar-refractivity contribution < 1.29 is 27.5 Å². The molecule has 0 bridgehead atoms. The van der Waals surface area contributed by atoms with Gasteiger partial charge in [-0.05, 0) is 17.0 Å². The van der Waals surface area contributed by atoms with Gasteiger partial charge in [0.25, 0.3) is 10.0 Å². The minimum absolute atomic E-state index is 0.117. The first-order chi connectivity index (χ1) is 12.8. The number of hydrogen-bond donors (Lipinski definition) is 3. The van der Waals surface area contributed by atoms with Crippen LogP contribution in [0.2, 0.25) is 0 Å². The third-order valence-electron chi connectivity index (χ3n) is 3.13. The summed E-state index contributed by atoms with van der Waals surface area (Å²) in [5.74, 6) is -0.334. The van der Waals surface area contributed by atoms with Gasteiger partial charge in [-0.1, -0.05) is 0 Å². The van der Waals surface area contributed by atoms with E-state index in [1.165, 1.54) is 38.8 Å². The van der Waals surface area contributed by atoms with E-state index in [1.807, 2.05) is 4.72 Å². The second-order valence-electron chi connectivity index (χ2n) is 4.92. The summed E-state index contributed by atoms with van der Waals surface area (Å²) in [6.07, 6.45) is -0.131. The molecule has 2 aromatic heterocycles. The molecule has 0 saturated carbocycles. The van der Waals surface area contributed by atoms with E-state index >= 15 is 0 Å². The number of methoxy groups -OCH3 is 2. The van der Waals surface area contributed by atoms with Gasteiger partial charge in [-0.25, -0.2) is 17.9 Å². The molecule has 13 heteroatoms. The fourth-order valence-electron chi connectivity index (χ4n) is 1.91. The summed E-state index contributed by atoms with van der Waals surface area (Å²) >= 11 is 0.888. The topological polar surface area (TPSA) is 149 Å². The molecule has 2 rings (SSSR count). The van der Waals surface area contributed by atoms with E-state index in [-0.39, 0.29) is 39.8 Å². The Bertz CT molecular complexity index is 921. The maximum atomic E-state index is 12.4. The fraction of sp³-hybridized carbons (Fsp3) is 0.286. The maximum absolute atomic E-state index is 12.4. The lowest BCUT2D eigenvalue weighted by Crippen LogP contribution is -2.35. The van der Waals surface area contributed by atoms with Gasteiger partial charge in [0, 0.05) is 7.05 Å². The van der Waals surface area contributed by atoms with Gasteiger partial charge in [-0.2, -0.15) is 9.97 Å². The molecule has 11 nitrogen and oxygen atoms in total. The third-order valence-corrected chi connectivity index (χ3v) is 6.03. The van der Waals surface area contributed by atoms with Crippen molar-refractivity contribution in [1.29, 1.82) is 0 Å². The number of hydrogen-bond acceptors (Lipinski definition) is 9. The monoisotopic (exact) mass is 415 g/mol. The van der Waals surface area contributed by atoms with Crippen LogP contribution < -0.4 is 24.8 Å². The number of ether oxygens (including phenoxy) is 2. The molecule has 2 aromatic rings. The first-order valence-corrected chi connectivity index (χ1v) is 9.73. The van der Waals surface area contributed by atoms with E-state index in [0.29, 0.717) is 0 Å². The third kappa shape index (κ3) is 5.27. The van der Waals surface area contributed by atoms with Gasteiger partial charge in [0.15, 0.2) is 0 Å². The molecule has 0 aliphatic rings. The zero-order chi connectivity index (χ0) is 20.0. The van der Waals surface area contributed by atoms with Crippen molar-refractivity contribution >= 4 is 39.2 Å². The van der Waals surface area contributed by atoms with Crippen LogP contribution in [0.1, 0.15) is 5.56 Å². The minimum atomic E-state index is -4.19. The van der Waals surface area contributed by atoms with Gasteiger partial charge >= 0.3 is 6.03 Å². The van der Waals surface area contributed by atoms with E-state index in [1.54, 1.807) is 0 Å². The Morgan fingerprint density at radius 2 is 1.81 bits per heavy atom. The first-order valence-electron chi connectivity index (χ1n) is 7.37. The van der Waals surface area contributed by atoms with Crippen LogP contribution in [0.5, 0.6) is 11.8 Å². The second kappa shape index (κ2) is 8.64. The first kappa shape index (κ1) is 20.4. The summed E-state index contributed by atoms with van der Waals surface area (Å²) in [5.41, 5.74) is 0.277. The molecule has 146 valence electrons. The highest BCUT2D eigenvalue weighted by molar-refractivity contribution is 7.92. The molecule has 0 aliphatic heterocycles. The van der Waals surface area contributed by atoms with E-state index < -0.39 is 16.1 Å². The number of amides is 3. The Balaban J connectivity index is 2.16.